The van der Waals surface area contributed by atoms with Gasteiger partial charge >= 0.3 is 33.3 Å². The fraction of sp³-hybridized carbons (Fsp3) is 0.680. The molecule has 0 bridgehead atoms. The summed E-state index contributed by atoms with van der Waals surface area (Å²) in [7, 11) is -10.9. The quantitative estimate of drug-likeness (QED) is 0.0117. The van der Waals surface area contributed by atoms with E-state index in [0.29, 0.717) is 32.1 Å². The van der Waals surface area contributed by atoms with Crippen molar-refractivity contribution in [2.45, 2.75) is 198 Å². The minimum Gasteiger partial charge on any atom is -0.462 e. The number of nitrogens with two attached hydrogens (primary N) is 1. The number of hydrogen-bond acceptors (Lipinski definition) is 16. The van der Waals surface area contributed by atoms with E-state index in [1.165, 1.54) is 57.4 Å². The molecule has 0 spiro atoms. The molecule has 1 aliphatic rings. The second-order valence-electron chi connectivity index (χ2n) is 17.5. The number of anilines is 1. The van der Waals surface area contributed by atoms with Crippen molar-refractivity contribution < 1.29 is 71.4 Å². The number of allylic oxidation sites excluding steroid dienone is 8. The Bertz CT molecular complexity index is 1940. The minimum atomic E-state index is -5.45. The first-order valence-electron chi connectivity index (χ1n) is 25.4. The standard InChI is InChI=1S/C50H83N3O16P2/c1-3-5-7-9-11-12-13-14-15-16-17-18-22-26-30-34-45(55)64-38-42(67-46(56)35-31-27-23-20-19-21-25-29-33-41(54)32-28-24-10-8-6-4-2)39-65-70(60,61)69-71(62,63)66-40-43-47(57)48(58)49(68-43)53-37-36-44(51)52-50(53)59/h14-15,20-21,23-25,28-29,33,36-37,41-43,47-49,54,57-58H,3-13,16-19,22,26-27,30-32,34-35,38-40H2,1-2H3,(H,60,61)(H,62,63)(H2,51,52,59)/b15-14-,23-20-,25-21-,28-24-,33-29+/t41-,42+,43+,47+,48+,49+/m0/s1. The van der Waals surface area contributed by atoms with Crippen molar-refractivity contribution in [2.24, 2.45) is 0 Å². The summed E-state index contributed by atoms with van der Waals surface area (Å²) in [5.74, 6) is -1.42. The van der Waals surface area contributed by atoms with Gasteiger partial charge in [0.2, 0.25) is 0 Å². The van der Waals surface area contributed by atoms with Gasteiger partial charge in [0, 0.05) is 19.0 Å². The molecule has 1 aromatic rings. The number of rotatable bonds is 41. The lowest BCUT2D eigenvalue weighted by molar-refractivity contribution is -0.161. The van der Waals surface area contributed by atoms with Crippen molar-refractivity contribution in [2.75, 3.05) is 25.6 Å². The Morgan fingerprint density at radius 1 is 0.746 bits per heavy atom. The van der Waals surface area contributed by atoms with Crippen molar-refractivity contribution in [1.82, 2.24) is 9.55 Å². The Hall–Kier alpha value is -3.58. The van der Waals surface area contributed by atoms with Crippen LogP contribution in [-0.2, 0) is 46.3 Å². The lowest BCUT2D eigenvalue weighted by Gasteiger charge is -2.21. The molecule has 21 heteroatoms. The highest BCUT2D eigenvalue weighted by atomic mass is 31.3. The van der Waals surface area contributed by atoms with Crippen LogP contribution in [0.3, 0.4) is 0 Å². The first-order valence-corrected chi connectivity index (χ1v) is 28.4. The molecule has 71 heavy (non-hydrogen) atoms. The second-order valence-corrected chi connectivity index (χ2v) is 20.6. The van der Waals surface area contributed by atoms with Crippen molar-refractivity contribution >= 4 is 33.4 Å². The molecule has 1 aromatic heterocycles. The van der Waals surface area contributed by atoms with Gasteiger partial charge in [-0.15, -0.1) is 0 Å². The Kier molecular flexibility index (Phi) is 34.1. The average Bonchev–Trinajstić information content (AvgIpc) is 3.60. The van der Waals surface area contributed by atoms with Gasteiger partial charge in [-0.1, -0.05) is 139 Å². The van der Waals surface area contributed by atoms with Crippen LogP contribution in [0.25, 0.3) is 0 Å². The van der Waals surface area contributed by atoms with Gasteiger partial charge < -0.3 is 45.1 Å². The fourth-order valence-electron chi connectivity index (χ4n) is 7.15. The molecule has 19 nitrogen and oxygen atoms in total. The van der Waals surface area contributed by atoms with Crippen LogP contribution in [0.15, 0.2) is 77.8 Å². The number of aliphatic hydroxyl groups excluding tert-OH is 3. The number of ether oxygens (including phenoxy) is 3. The Labute approximate surface area is 420 Å². The first kappa shape index (κ1) is 63.5. The minimum absolute atomic E-state index is 0.0612. The monoisotopic (exact) mass is 1040 g/mol. The molecule has 0 radical (unpaired) electrons. The number of aliphatic hydroxyl groups is 3. The van der Waals surface area contributed by atoms with E-state index in [2.05, 4.69) is 41.4 Å². The topological polar surface area (TPSA) is 286 Å². The van der Waals surface area contributed by atoms with Gasteiger partial charge in [-0.05, 0) is 76.7 Å². The summed E-state index contributed by atoms with van der Waals surface area (Å²) in [6.45, 7) is 1.98. The van der Waals surface area contributed by atoms with Gasteiger partial charge in [-0.2, -0.15) is 9.29 Å². The average molecular weight is 1040 g/mol. The third-order valence-electron chi connectivity index (χ3n) is 11.2. The van der Waals surface area contributed by atoms with Crippen molar-refractivity contribution in [1.29, 1.82) is 0 Å². The van der Waals surface area contributed by atoms with E-state index in [1.54, 1.807) is 12.2 Å². The zero-order valence-corrected chi connectivity index (χ0v) is 43.7. The largest absolute Gasteiger partial charge is 0.481 e. The molecule has 0 saturated carbocycles. The van der Waals surface area contributed by atoms with E-state index in [1.807, 2.05) is 30.4 Å². The smallest absolute Gasteiger partial charge is 0.462 e. The lowest BCUT2D eigenvalue weighted by Crippen LogP contribution is -2.36. The van der Waals surface area contributed by atoms with Gasteiger partial charge in [0.05, 0.1) is 19.3 Å². The van der Waals surface area contributed by atoms with Crippen LogP contribution in [0, 0.1) is 0 Å². The third-order valence-corrected chi connectivity index (χ3v) is 13.8. The van der Waals surface area contributed by atoms with Gasteiger partial charge in [-0.3, -0.25) is 23.2 Å². The molecular weight excluding hydrogens is 961 g/mol. The van der Waals surface area contributed by atoms with Gasteiger partial charge in [0.25, 0.3) is 0 Å². The first-order chi connectivity index (χ1) is 34.1. The fourth-order valence-corrected chi connectivity index (χ4v) is 9.26. The van der Waals surface area contributed by atoms with E-state index in [0.717, 1.165) is 62.1 Å². The summed E-state index contributed by atoms with van der Waals surface area (Å²) in [5.41, 5.74) is 4.57. The number of phosphoric ester groups is 2. The van der Waals surface area contributed by atoms with E-state index in [4.69, 9.17) is 29.0 Å². The van der Waals surface area contributed by atoms with Crippen LogP contribution in [0.4, 0.5) is 5.82 Å². The maximum atomic E-state index is 12.8. The summed E-state index contributed by atoms with van der Waals surface area (Å²) in [6, 6.07) is 1.24. The highest BCUT2D eigenvalue weighted by Gasteiger charge is 2.46. The van der Waals surface area contributed by atoms with E-state index < -0.39 is 89.8 Å². The Morgan fingerprint density at radius 2 is 1.32 bits per heavy atom. The van der Waals surface area contributed by atoms with Gasteiger partial charge in [-0.25, -0.2) is 13.9 Å². The van der Waals surface area contributed by atoms with Crippen LogP contribution in [0.1, 0.15) is 168 Å². The van der Waals surface area contributed by atoms with Gasteiger partial charge in [0.1, 0.15) is 30.7 Å². The Balaban J connectivity index is 1.85. The lowest BCUT2D eigenvalue weighted by atomic mass is 10.1. The molecule has 2 unspecified atom stereocenters. The van der Waals surface area contributed by atoms with E-state index >= 15 is 0 Å². The van der Waals surface area contributed by atoms with E-state index in [-0.39, 0.29) is 18.7 Å². The molecule has 8 atom stereocenters. The highest BCUT2D eigenvalue weighted by molar-refractivity contribution is 7.61. The van der Waals surface area contributed by atoms with Crippen LogP contribution < -0.4 is 11.4 Å². The summed E-state index contributed by atoms with van der Waals surface area (Å²) < 4.78 is 56.6. The Morgan fingerprint density at radius 3 is 2.01 bits per heavy atom. The normalized spacial score (nSPS) is 20.1. The number of phosphoric acid groups is 2. The van der Waals surface area contributed by atoms with Crippen molar-refractivity contribution in [3.8, 4) is 0 Å². The van der Waals surface area contributed by atoms with Gasteiger partial charge in [0.15, 0.2) is 12.3 Å². The number of esters is 2. The van der Waals surface area contributed by atoms with Crippen LogP contribution >= 0.6 is 15.6 Å². The number of carbonyl (C=O) groups excluding carboxylic acids is 2. The summed E-state index contributed by atoms with van der Waals surface area (Å²) in [5, 5.41) is 31.0. The number of hydrogen-bond donors (Lipinski definition) is 6. The zero-order valence-electron chi connectivity index (χ0n) is 41.9. The van der Waals surface area contributed by atoms with E-state index in [9.17, 15) is 48.6 Å². The summed E-state index contributed by atoms with van der Waals surface area (Å²) in [4.78, 5) is 61.9. The second kappa shape index (κ2) is 38.1. The number of carbonyl (C=O) groups is 2. The number of nitrogens with zero attached hydrogens (tertiary/aromatic N) is 2. The molecule has 404 valence electrons. The predicted octanol–water partition coefficient (Wildman–Crippen LogP) is 9.30. The molecule has 1 saturated heterocycles. The van der Waals surface area contributed by atoms with Crippen molar-refractivity contribution in [3.63, 3.8) is 0 Å². The molecule has 0 aliphatic carbocycles. The zero-order chi connectivity index (χ0) is 52.2. The number of aromatic nitrogens is 2. The van der Waals surface area contributed by atoms with Crippen LogP contribution in [0.5, 0.6) is 0 Å². The molecule has 2 rings (SSSR count). The molecular formula is C50H83N3O16P2. The van der Waals surface area contributed by atoms with Crippen LogP contribution in [0.2, 0.25) is 0 Å². The third kappa shape index (κ3) is 30.9. The molecule has 0 amide bonds. The number of nitrogen functional groups attached to an aromatic ring is 1. The molecule has 1 fully saturated rings. The van der Waals surface area contributed by atoms with Crippen molar-refractivity contribution in [3.05, 3.63) is 83.5 Å². The molecule has 7 N–H and O–H groups in total. The molecule has 0 aromatic carbocycles. The maximum Gasteiger partial charge on any atom is 0.481 e. The summed E-state index contributed by atoms with van der Waals surface area (Å²) in [6.07, 6.45) is 33.3. The molecule has 1 aliphatic heterocycles. The number of unbranched alkanes of at least 4 members (excludes halogenated alkanes) is 15. The molecule has 2 heterocycles. The highest BCUT2D eigenvalue weighted by Crippen LogP contribution is 2.60. The summed E-state index contributed by atoms with van der Waals surface area (Å²) >= 11 is 0. The maximum absolute atomic E-state index is 12.8. The predicted molar refractivity (Wildman–Crippen MR) is 272 cm³/mol. The SMILES string of the molecule is CCCCC/C=C\C[C@H](O)/C=C/C=C\C/C=C\CCCC(=O)O[C@H](COC(=O)CCCCCCC/C=C\CCCCCCCC)COP(=O)(O)OP(=O)(O)OC[C@H]1O[C@@H](n2ccc(N)nc2=O)[C@H](O)[C@@H]1O. The van der Waals surface area contributed by atoms with Crippen LogP contribution in [-0.4, -0.2) is 96.9 Å².